The van der Waals surface area contributed by atoms with Crippen molar-refractivity contribution in [3.05, 3.63) is 0 Å². The molecular formula is C10H20N2O2. The molecule has 82 valence electrons. The zero-order valence-electron chi connectivity index (χ0n) is 8.70. The minimum absolute atomic E-state index is 0.146. The number of nitrogens with two attached hydrogens (primary N) is 1. The molecule has 0 aliphatic heterocycles. The van der Waals surface area contributed by atoms with Gasteiger partial charge in [-0.05, 0) is 38.0 Å². The molecule has 1 saturated carbocycles. The molecule has 0 spiro atoms. The summed E-state index contributed by atoms with van der Waals surface area (Å²) in [5.74, 6) is 0.590. The summed E-state index contributed by atoms with van der Waals surface area (Å²) < 4.78 is 0. The quantitative estimate of drug-likeness (QED) is 0.647. The second-order valence-electron chi connectivity index (χ2n) is 4.13. The van der Waals surface area contributed by atoms with Crippen LogP contribution < -0.4 is 11.1 Å². The number of amides is 1. The predicted octanol–water partition coefficient (Wildman–Crippen LogP) is 1.55. The van der Waals surface area contributed by atoms with Gasteiger partial charge in [0.1, 0.15) is 0 Å². The fraction of sp³-hybridized carbons (Fsp3) is 0.900. The van der Waals surface area contributed by atoms with Gasteiger partial charge in [0.15, 0.2) is 0 Å². The third kappa shape index (κ3) is 3.18. The average Bonchev–Trinajstić information content (AvgIpc) is 2.17. The van der Waals surface area contributed by atoms with Gasteiger partial charge in [0.2, 0.25) is 0 Å². The molecule has 0 heterocycles. The number of hydrogen-bond donors (Lipinski definition) is 3. The number of carboxylic acid groups (broad SMARTS) is 1. The minimum atomic E-state index is -0.909. The Morgan fingerprint density at radius 3 is 2.50 bits per heavy atom. The van der Waals surface area contributed by atoms with Crippen LogP contribution in [-0.4, -0.2) is 23.3 Å². The highest BCUT2D eigenvalue weighted by Gasteiger charge is 2.25. The van der Waals surface area contributed by atoms with E-state index < -0.39 is 6.09 Å². The second kappa shape index (κ2) is 5.20. The number of hydrogen-bond acceptors (Lipinski definition) is 2. The van der Waals surface area contributed by atoms with Crippen molar-refractivity contribution in [2.45, 2.75) is 51.1 Å². The van der Waals surface area contributed by atoms with E-state index in [9.17, 15) is 4.79 Å². The van der Waals surface area contributed by atoms with Gasteiger partial charge in [0, 0.05) is 12.1 Å². The summed E-state index contributed by atoms with van der Waals surface area (Å²) in [5.41, 5.74) is 5.96. The van der Waals surface area contributed by atoms with Crippen molar-refractivity contribution in [3.8, 4) is 0 Å². The zero-order valence-corrected chi connectivity index (χ0v) is 8.70. The van der Waals surface area contributed by atoms with Gasteiger partial charge in [-0.3, -0.25) is 0 Å². The van der Waals surface area contributed by atoms with Gasteiger partial charge in [-0.1, -0.05) is 6.92 Å². The van der Waals surface area contributed by atoms with E-state index in [1.54, 1.807) is 0 Å². The molecule has 4 N–H and O–H groups in total. The van der Waals surface area contributed by atoms with Crippen LogP contribution >= 0.6 is 0 Å². The van der Waals surface area contributed by atoms with E-state index in [0.717, 1.165) is 32.1 Å². The molecule has 0 aromatic carbocycles. The normalized spacial score (nSPS) is 29.6. The lowest BCUT2D eigenvalue weighted by molar-refractivity contribution is 0.180. The van der Waals surface area contributed by atoms with Crippen LogP contribution in [0.1, 0.15) is 39.0 Å². The smallest absolute Gasteiger partial charge is 0.404 e. The molecule has 1 aliphatic carbocycles. The van der Waals surface area contributed by atoms with Gasteiger partial charge >= 0.3 is 6.09 Å². The van der Waals surface area contributed by atoms with Crippen molar-refractivity contribution >= 4 is 6.09 Å². The van der Waals surface area contributed by atoms with Crippen LogP contribution in [-0.2, 0) is 0 Å². The molecule has 0 bridgehead atoms. The van der Waals surface area contributed by atoms with Crippen molar-refractivity contribution in [2.75, 3.05) is 0 Å². The summed E-state index contributed by atoms with van der Waals surface area (Å²) in [5, 5.41) is 11.1. The lowest BCUT2D eigenvalue weighted by atomic mass is 9.81. The van der Waals surface area contributed by atoms with E-state index in [1.807, 2.05) is 0 Å². The van der Waals surface area contributed by atoms with Gasteiger partial charge in [-0.2, -0.15) is 0 Å². The Bertz CT molecular complexity index is 189. The summed E-state index contributed by atoms with van der Waals surface area (Å²) in [7, 11) is 0. The Hall–Kier alpha value is -0.770. The highest BCUT2D eigenvalue weighted by atomic mass is 16.4. The molecule has 14 heavy (non-hydrogen) atoms. The number of nitrogens with one attached hydrogen (secondary N) is 1. The van der Waals surface area contributed by atoms with Gasteiger partial charge in [0.05, 0.1) is 0 Å². The topological polar surface area (TPSA) is 75.3 Å². The largest absolute Gasteiger partial charge is 0.465 e. The minimum Gasteiger partial charge on any atom is -0.465 e. The van der Waals surface area contributed by atoms with E-state index in [4.69, 9.17) is 10.8 Å². The second-order valence-corrected chi connectivity index (χ2v) is 4.13. The highest BCUT2D eigenvalue weighted by molar-refractivity contribution is 5.64. The molecular weight excluding hydrogens is 180 g/mol. The van der Waals surface area contributed by atoms with Crippen molar-refractivity contribution in [1.82, 2.24) is 5.32 Å². The molecule has 1 atom stereocenters. The third-order valence-corrected chi connectivity index (χ3v) is 3.18. The first-order valence-electron chi connectivity index (χ1n) is 5.38. The molecule has 1 fully saturated rings. The number of rotatable bonds is 3. The van der Waals surface area contributed by atoms with Crippen LogP contribution in [0.5, 0.6) is 0 Å². The molecule has 4 heteroatoms. The monoisotopic (exact) mass is 200 g/mol. The summed E-state index contributed by atoms with van der Waals surface area (Å²) >= 11 is 0. The van der Waals surface area contributed by atoms with Crippen LogP contribution in [0.4, 0.5) is 4.79 Å². The Balaban J connectivity index is 2.27. The fourth-order valence-electron chi connectivity index (χ4n) is 2.20. The zero-order chi connectivity index (χ0) is 10.6. The van der Waals surface area contributed by atoms with Crippen LogP contribution in [0, 0.1) is 5.92 Å². The molecule has 4 nitrogen and oxygen atoms in total. The summed E-state index contributed by atoms with van der Waals surface area (Å²) in [4.78, 5) is 10.4. The van der Waals surface area contributed by atoms with Crippen LogP contribution in [0.3, 0.4) is 0 Å². The Kier molecular flexibility index (Phi) is 4.20. The summed E-state index contributed by atoms with van der Waals surface area (Å²) in [6.07, 6.45) is 4.09. The molecule has 0 radical (unpaired) electrons. The van der Waals surface area contributed by atoms with E-state index in [0.29, 0.717) is 12.0 Å². The fourth-order valence-corrected chi connectivity index (χ4v) is 2.20. The first-order valence-corrected chi connectivity index (χ1v) is 5.38. The molecule has 0 aromatic rings. The first-order chi connectivity index (χ1) is 6.63. The third-order valence-electron chi connectivity index (χ3n) is 3.18. The SMILES string of the molecule is CC[C@H](N)C1CCC(NC(=O)O)CC1. The Labute approximate surface area is 84.9 Å². The van der Waals surface area contributed by atoms with E-state index in [2.05, 4.69) is 12.2 Å². The molecule has 0 aromatic heterocycles. The van der Waals surface area contributed by atoms with Crippen molar-refractivity contribution in [1.29, 1.82) is 0 Å². The first kappa shape index (κ1) is 11.3. The van der Waals surface area contributed by atoms with Gasteiger partial charge in [-0.25, -0.2) is 4.79 Å². The Morgan fingerprint density at radius 1 is 1.50 bits per heavy atom. The Morgan fingerprint density at radius 2 is 2.07 bits per heavy atom. The average molecular weight is 200 g/mol. The highest BCUT2D eigenvalue weighted by Crippen LogP contribution is 2.27. The predicted molar refractivity (Wildman–Crippen MR) is 55.2 cm³/mol. The maximum absolute atomic E-state index is 10.4. The van der Waals surface area contributed by atoms with E-state index in [1.165, 1.54) is 0 Å². The van der Waals surface area contributed by atoms with Crippen molar-refractivity contribution in [3.63, 3.8) is 0 Å². The molecule has 1 aliphatic rings. The van der Waals surface area contributed by atoms with Crippen molar-refractivity contribution in [2.24, 2.45) is 11.7 Å². The van der Waals surface area contributed by atoms with Gasteiger partial charge in [0.25, 0.3) is 0 Å². The maximum Gasteiger partial charge on any atom is 0.404 e. The van der Waals surface area contributed by atoms with Crippen LogP contribution in [0.15, 0.2) is 0 Å². The lowest BCUT2D eigenvalue weighted by Crippen LogP contribution is -2.40. The summed E-state index contributed by atoms with van der Waals surface area (Å²) in [6, 6.07) is 0.439. The molecule has 0 unspecified atom stereocenters. The van der Waals surface area contributed by atoms with Gasteiger partial charge < -0.3 is 16.2 Å². The van der Waals surface area contributed by atoms with Crippen LogP contribution in [0.25, 0.3) is 0 Å². The number of carbonyl (C=O) groups is 1. The summed E-state index contributed by atoms with van der Waals surface area (Å²) in [6.45, 7) is 2.10. The van der Waals surface area contributed by atoms with E-state index in [-0.39, 0.29) is 6.04 Å². The van der Waals surface area contributed by atoms with Crippen molar-refractivity contribution < 1.29 is 9.90 Å². The standard InChI is InChI=1S/C10H20N2O2/c1-2-9(11)7-3-5-8(6-4-7)12-10(13)14/h7-9,12H,2-6,11H2,1H3,(H,13,14)/t7?,8?,9-/m0/s1. The van der Waals surface area contributed by atoms with Gasteiger partial charge in [-0.15, -0.1) is 0 Å². The molecule has 1 rings (SSSR count). The molecule has 1 amide bonds. The molecule has 0 saturated heterocycles. The van der Waals surface area contributed by atoms with Crippen LogP contribution in [0.2, 0.25) is 0 Å². The maximum atomic E-state index is 10.4. The lowest BCUT2D eigenvalue weighted by Gasteiger charge is -2.31. The van der Waals surface area contributed by atoms with E-state index >= 15 is 0 Å².